The van der Waals surface area contributed by atoms with Gasteiger partial charge in [0.25, 0.3) is 6.47 Å². The van der Waals surface area contributed by atoms with Gasteiger partial charge in [-0.15, -0.1) is 0 Å². The van der Waals surface area contributed by atoms with E-state index in [1.165, 1.54) is 12.3 Å². The van der Waals surface area contributed by atoms with Crippen molar-refractivity contribution < 1.29 is 13.9 Å². The van der Waals surface area contributed by atoms with E-state index in [0.29, 0.717) is 0 Å². The Balaban J connectivity index is 2.84. The van der Waals surface area contributed by atoms with Crippen molar-refractivity contribution in [3.63, 3.8) is 0 Å². The van der Waals surface area contributed by atoms with Crippen LogP contribution in [0.2, 0.25) is 5.15 Å². The molecule has 1 rings (SSSR count). The van der Waals surface area contributed by atoms with Crippen molar-refractivity contribution in [3.8, 4) is 0 Å². The molecule has 12 heavy (non-hydrogen) atoms. The molecule has 0 spiro atoms. The van der Waals surface area contributed by atoms with Crippen LogP contribution in [-0.2, 0) is 16.1 Å². The van der Waals surface area contributed by atoms with Gasteiger partial charge in [-0.3, -0.25) is 4.79 Å². The summed E-state index contributed by atoms with van der Waals surface area (Å²) in [5, 5.41) is -0.220. The maximum Gasteiger partial charge on any atom is 0.293 e. The highest BCUT2D eigenvalue weighted by molar-refractivity contribution is 6.29. The standard InChI is InChI=1S/C7H5ClFNO2/c8-7-6(9)5(1-2-10-7)3-12-4-11/h1-2,4H,3H2. The largest absolute Gasteiger partial charge is 0.463 e. The molecule has 0 aromatic carbocycles. The number of hydrogen-bond donors (Lipinski definition) is 0. The Morgan fingerprint density at radius 1 is 1.75 bits per heavy atom. The van der Waals surface area contributed by atoms with Crippen LogP contribution in [0.25, 0.3) is 0 Å². The van der Waals surface area contributed by atoms with Crippen molar-refractivity contribution in [3.05, 3.63) is 28.8 Å². The molecule has 0 N–H and O–H groups in total. The fourth-order valence-electron chi connectivity index (χ4n) is 0.690. The second-order valence-corrected chi connectivity index (χ2v) is 2.34. The lowest BCUT2D eigenvalue weighted by atomic mass is 10.3. The highest BCUT2D eigenvalue weighted by atomic mass is 35.5. The number of aromatic nitrogens is 1. The molecular weight excluding hydrogens is 185 g/mol. The van der Waals surface area contributed by atoms with Gasteiger partial charge in [-0.25, -0.2) is 9.37 Å². The summed E-state index contributed by atoms with van der Waals surface area (Å²) in [5.74, 6) is -0.652. The van der Waals surface area contributed by atoms with E-state index in [1.54, 1.807) is 0 Å². The van der Waals surface area contributed by atoms with Crippen LogP contribution in [0.4, 0.5) is 4.39 Å². The van der Waals surface area contributed by atoms with Crippen molar-refractivity contribution in [2.45, 2.75) is 6.61 Å². The van der Waals surface area contributed by atoms with E-state index in [0.717, 1.165) is 0 Å². The van der Waals surface area contributed by atoms with E-state index in [9.17, 15) is 9.18 Å². The van der Waals surface area contributed by atoms with Crippen molar-refractivity contribution >= 4 is 18.1 Å². The van der Waals surface area contributed by atoms with Gasteiger partial charge in [0.05, 0.1) is 0 Å². The molecule has 0 unspecified atom stereocenters. The average molecular weight is 190 g/mol. The van der Waals surface area contributed by atoms with Gasteiger partial charge in [-0.1, -0.05) is 11.6 Å². The van der Waals surface area contributed by atoms with Gasteiger partial charge in [0.1, 0.15) is 6.61 Å². The number of pyridine rings is 1. The summed E-state index contributed by atoms with van der Waals surface area (Å²) in [6, 6.07) is 1.39. The van der Waals surface area contributed by atoms with Crippen molar-refractivity contribution in [1.82, 2.24) is 4.98 Å². The van der Waals surface area contributed by atoms with Crippen molar-refractivity contribution in [2.75, 3.05) is 0 Å². The third kappa shape index (κ3) is 1.92. The SMILES string of the molecule is O=COCc1ccnc(Cl)c1F. The van der Waals surface area contributed by atoms with E-state index < -0.39 is 5.82 Å². The average Bonchev–Trinajstić information content (AvgIpc) is 2.08. The minimum Gasteiger partial charge on any atom is -0.463 e. The lowest BCUT2D eigenvalue weighted by Crippen LogP contribution is -1.96. The molecule has 0 saturated carbocycles. The van der Waals surface area contributed by atoms with E-state index >= 15 is 0 Å². The van der Waals surface area contributed by atoms with Gasteiger partial charge in [0.15, 0.2) is 11.0 Å². The van der Waals surface area contributed by atoms with Crippen molar-refractivity contribution in [2.24, 2.45) is 0 Å². The van der Waals surface area contributed by atoms with Gasteiger partial charge in [-0.05, 0) is 6.07 Å². The van der Waals surface area contributed by atoms with Crippen LogP contribution < -0.4 is 0 Å². The Hall–Kier alpha value is -1.16. The molecule has 64 valence electrons. The predicted octanol–water partition coefficient (Wildman–Crippen LogP) is 1.55. The van der Waals surface area contributed by atoms with Crippen LogP contribution in [0.15, 0.2) is 12.3 Å². The molecule has 0 radical (unpaired) electrons. The second kappa shape index (κ2) is 4.01. The van der Waals surface area contributed by atoms with Gasteiger partial charge >= 0.3 is 0 Å². The predicted molar refractivity (Wildman–Crippen MR) is 40.1 cm³/mol. The number of carbonyl (C=O) groups excluding carboxylic acids is 1. The normalized spacial score (nSPS) is 9.50. The zero-order chi connectivity index (χ0) is 8.97. The molecule has 0 aliphatic rings. The van der Waals surface area contributed by atoms with Crippen LogP contribution in [-0.4, -0.2) is 11.5 Å². The fraction of sp³-hybridized carbons (Fsp3) is 0.143. The number of ether oxygens (including phenoxy) is 1. The summed E-state index contributed by atoms with van der Waals surface area (Å²) in [7, 11) is 0. The Labute approximate surface area is 73.1 Å². The summed E-state index contributed by atoms with van der Waals surface area (Å²) in [6.07, 6.45) is 1.34. The molecule has 0 amide bonds. The second-order valence-electron chi connectivity index (χ2n) is 1.98. The van der Waals surface area contributed by atoms with Crippen LogP contribution in [0.3, 0.4) is 0 Å². The Kier molecular flexibility index (Phi) is 2.99. The van der Waals surface area contributed by atoms with Crippen LogP contribution in [0, 0.1) is 5.82 Å². The number of nitrogens with zero attached hydrogens (tertiary/aromatic N) is 1. The first-order valence-corrected chi connectivity index (χ1v) is 3.47. The van der Waals surface area contributed by atoms with Gasteiger partial charge < -0.3 is 4.74 Å². The monoisotopic (exact) mass is 189 g/mol. The zero-order valence-electron chi connectivity index (χ0n) is 5.96. The van der Waals surface area contributed by atoms with Crippen LogP contribution in [0.5, 0.6) is 0 Å². The molecule has 0 aliphatic heterocycles. The molecule has 0 saturated heterocycles. The summed E-state index contributed by atoms with van der Waals surface area (Å²) >= 11 is 5.36. The highest BCUT2D eigenvalue weighted by Gasteiger charge is 2.06. The molecule has 5 heteroatoms. The molecule has 0 atom stereocenters. The summed E-state index contributed by atoms with van der Waals surface area (Å²) < 4.78 is 17.3. The number of rotatable bonds is 3. The maximum atomic E-state index is 12.9. The molecule has 1 aromatic heterocycles. The minimum atomic E-state index is -0.652. The minimum absolute atomic E-state index is 0.127. The molecule has 0 fully saturated rings. The summed E-state index contributed by atoms with van der Waals surface area (Å²) in [4.78, 5) is 13.3. The molecule has 1 heterocycles. The van der Waals surface area contributed by atoms with E-state index in [4.69, 9.17) is 11.6 Å². The van der Waals surface area contributed by atoms with E-state index in [-0.39, 0.29) is 23.8 Å². The van der Waals surface area contributed by atoms with Crippen molar-refractivity contribution in [1.29, 1.82) is 0 Å². The Morgan fingerprint density at radius 3 is 3.17 bits per heavy atom. The number of hydrogen-bond acceptors (Lipinski definition) is 3. The van der Waals surface area contributed by atoms with Crippen LogP contribution in [0.1, 0.15) is 5.56 Å². The maximum absolute atomic E-state index is 12.9. The van der Waals surface area contributed by atoms with E-state index in [2.05, 4.69) is 9.72 Å². The fourth-order valence-corrected chi connectivity index (χ4v) is 0.868. The zero-order valence-corrected chi connectivity index (χ0v) is 6.71. The smallest absolute Gasteiger partial charge is 0.293 e. The topological polar surface area (TPSA) is 39.2 Å². The van der Waals surface area contributed by atoms with Gasteiger partial charge in [0.2, 0.25) is 0 Å². The number of halogens is 2. The molecule has 3 nitrogen and oxygen atoms in total. The highest BCUT2D eigenvalue weighted by Crippen LogP contribution is 2.15. The van der Waals surface area contributed by atoms with Gasteiger partial charge in [-0.2, -0.15) is 0 Å². The number of carbonyl (C=O) groups is 1. The lowest BCUT2D eigenvalue weighted by molar-refractivity contribution is -0.129. The third-order valence-corrected chi connectivity index (χ3v) is 1.50. The Bertz CT molecular complexity index is 293. The molecular formula is C7H5ClFNO2. The molecule has 0 aliphatic carbocycles. The Morgan fingerprint density at radius 2 is 2.50 bits per heavy atom. The van der Waals surface area contributed by atoms with E-state index in [1.807, 2.05) is 0 Å². The first kappa shape index (κ1) is 8.93. The summed E-state index contributed by atoms with van der Waals surface area (Å²) in [6.45, 7) is 0.116. The molecule has 1 aromatic rings. The van der Waals surface area contributed by atoms with Gasteiger partial charge in [0, 0.05) is 11.8 Å². The first-order chi connectivity index (χ1) is 5.75. The molecule has 0 bridgehead atoms. The third-order valence-electron chi connectivity index (χ3n) is 1.23. The first-order valence-electron chi connectivity index (χ1n) is 3.10. The quantitative estimate of drug-likeness (QED) is 0.535. The summed E-state index contributed by atoms with van der Waals surface area (Å²) in [5.41, 5.74) is 0.210. The lowest BCUT2D eigenvalue weighted by Gasteiger charge is -2.00. The van der Waals surface area contributed by atoms with Crippen LogP contribution >= 0.6 is 11.6 Å².